The van der Waals surface area contributed by atoms with Gasteiger partial charge in [0, 0.05) is 19.1 Å². The van der Waals surface area contributed by atoms with Crippen LogP contribution in [-0.2, 0) is 0 Å². The summed E-state index contributed by atoms with van der Waals surface area (Å²) in [6.07, 6.45) is 2.27. The molecular weight excluding hydrogens is 251 g/mol. The molecule has 1 aliphatic rings. The smallest absolute Gasteiger partial charge is 0.146 e. The molecule has 1 aromatic rings. The molecule has 0 bridgehead atoms. The number of anilines is 1. The number of nitrogens with zero attached hydrogens (tertiary/aromatic N) is 1. The van der Waals surface area contributed by atoms with Crippen molar-refractivity contribution in [2.45, 2.75) is 46.6 Å². The van der Waals surface area contributed by atoms with E-state index < -0.39 is 0 Å². The first-order valence-corrected chi connectivity index (χ1v) is 7.59. The number of nitrogens with two attached hydrogens (primary N) is 1. The molecule has 0 aliphatic carbocycles. The Morgan fingerprint density at radius 3 is 2.30 bits per heavy atom. The van der Waals surface area contributed by atoms with Gasteiger partial charge < -0.3 is 10.6 Å². The van der Waals surface area contributed by atoms with Gasteiger partial charge in [0.05, 0.1) is 5.69 Å². The van der Waals surface area contributed by atoms with Crippen LogP contribution in [0.2, 0.25) is 0 Å². The van der Waals surface area contributed by atoms with Crippen LogP contribution in [0.3, 0.4) is 0 Å². The van der Waals surface area contributed by atoms with Crippen molar-refractivity contribution in [1.82, 2.24) is 0 Å². The van der Waals surface area contributed by atoms with Crippen LogP contribution in [0, 0.1) is 17.2 Å². The Bertz CT molecular complexity index is 455. The van der Waals surface area contributed by atoms with Crippen molar-refractivity contribution in [3.05, 3.63) is 29.6 Å². The lowest BCUT2D eigenvalue weighted by Crippen LogP contribution is -2.38. The standard InChI is InChI=1S/C17H27FN2/c1-12(19)13-5-6-16(15(18)11-13)20-9-7-14(8-10-20)17(2,3)4/h5-6,11-12,14H,7-10,19H2,1-4H3/t12-/m1/s1. The summed E-state index contributed by atoms with van der Waals surface area (Å²) in [5.41, 5.74) is 7.73. The van der Waals surface area contributed by atoms with Crippen LogP contribution in [0.5, 0.6) is 0 Å². The first kappa shape index (κ1) is 15.3. The molecule has 1 saturated heterocycles. The van der Waals surface area contributed by atoms with E-state index in [4.69, 9.17) is 5.73 Å². The van der Waals surface area contributed by atoms with Crippen molar-refractivity contribution in [2.24, 2.45) is 17.1 Å². The van der Waals surface area contributed by atoms with E-state index >= 15 is 0 Å². The summed E-state index contributed by atoms with van der Waals surface area (Å²) < 4.78 is 14.2. The third-order valence-electron chi connectivity index (χ3n) is 4.56. The predicted octanol–water partition coefficient (Wildman–Crippen LogP) is 4.11. The molecular formula is C17H27FN2. The van der Waals surface area contributed by atoms with Gasteiger partial charge in [-0.25, -0.2) is 4.39 Å². The molecule has 1 aliphatic heterocycles. The van der Waals surface area contributed by atoms with Gasteiger partial charge in [0.1, 0.15) is 5.82 Å². The number of rotatable bonds is 2. The van der Waals surface area contributed by atoms with Crippen LogP contribution in [-0.4, -0.2) is 13.1 Å². The molecule has 0 spiro atoms. The second-order valence-corrected chi connectivity index (χ2v) is 7.13. The average molecular weight is 278 g/mol. The number of piperidine rings is 1. The molecule has 2 rings (SSSR count). The zero-order chi connectivity index (χ0) is 14.9. The summed E-state index contributed by atoms with van der Waals surface area (Å²) in [7, 11) is 0. The molecule has 3 heteroatoms. The Hall–Kier alpha value is -1.09. The van der Waals surface area contributed by atoms with Crippen molar-refractivity contribution in [2.75, 3.05) is 18.0 Å². The van der Waals surface area contributed by atoms with Gasteiger partial charge in [0.2, 0.25) is 0 Å². The van der Waals surface area contributed by atoms with E-state index in [2.05, 4.69) is 25.7 Å². The quantitative estimate of drug-likeness (QED) is 0.882. The largest absolute Gasteiger partial charge is 0.369 e. The molecule has 0 aromatic heterocycles. The number of hydrogen-bond donors (Lipinski definition) is 1. The Balaban J connectivity index is 2.07. The van der Waals surface area contributed by atoms with Crippen LogP contribution < -0.4 is 10.6 Å². The van der Waals surface area contributed by atoms with Gasteiger partial charge in [-0.2, -0.15) is 0 Å². The maximum atomic E-state index is 14.2. The number of benzene rings is 1. The number of halogens is 1. The summed E-state index contributed by atoms with van der Waals surface area (Å²) >= 11 is 0. The maximum Gasteiger partial charge on any atom is 0.146 e. The summed E-state index contributed by atoms with van der Waals surface area (Å²) in [5, 5.41) is 0. The predicted molar refractivity (Wildman–Crippen MR) is 83.4 cm³/mol. The van der Waals surface area contributed by atoms with Gasteiger partial charge in [-0.15, -0.1) is 0 Å². The molecule has 2 nitrogen and oxygen atoms in total. The fraction of sp³-hybridized carbons (Fsp3) is 0.647. The Labute approximate surface area is 122 Å². The lowest BCUT2D eigenvalue weighted by molar-refractivity contribution is 0.198. The zero-order valence-corrected chi connectivity index (χ0v) is 13.1. The highest BCUT2D eigenvalue weighted by Gasteiger charge is 2.29. The second kappa shape index (κ2) is 5.72. The maximum absolute atomic E-state index is 14.2. The van der Waals surface area contributed by atoms with Crippen molar-refractivity contribution in [3.63, 3.8) is 0 Å². The third-order valence-corrected chi connectivity index (χ3v) is 4.56. The first-order chi connectivity index (χ1) is 9.29. The van der Waals surface area contributed by atoms with Crippen LogP contribution in [0.25, 0.3) is 0 Å². The van der Waals surface area contributed by atoms with E-state index in [1.165, 1.54) is 0 Å². The summed E-state index contributed by atoms with van der Waals surface area (Å²) in [6.45, 7) is 10.7. The van der Waals surface area contributed by atoms with Gasteiger partial charge in [-0.05, 0) is 48.8 Å². The highest BCUT2D eigenvalue weighted by atomic mass is 19.1. The Morgan fingerprint density at radius 2 is 1.85 bits per heavy atom. The van der Waals surface area contributed by atoms with Gasteiger partial charge in [-0.3, -0.25) is 0 Å². The highest BCUT2D eigenvalue weighted by molar-refractivity contribution is 5.50. The van der Waals surface area contributed by atoms with Gasteiger partial charge in [0.15, 0.2) is 0 Å². The molecule has 112 valence electrons. The van der Waals surface area contributed by atoms with Crippen molar-refractivity contribution >= 4 is 5.69 Å². The molecule has 0 saturated carbocycles. The molecule has 1 fully saturated rings. The SMILES string of the molecule is C[C@@H](N)c1ccc(N2CCC(C(C)(C)C)CC2)c(F)c1. The normalized spacial score (nSPS) is 19.2. The van der Waals surface area contributed by atoms with Crippen molar-refractivity contribution < 1.29 is 4.39 Å². The monoisotopic (exact) mass is 278 g/mol. The van der Waals surface area contributed by atoms with E-state index in [-0.39, 0.29) is 11.9 Å². The molecule has 1 aromatic carbocycles. The van der Waals surface area contributed by atoms with Crippen molar-refractivity contribution in [3.8, 4) is 0 Å². The van der Waals surface area contributed by atoms with Gasteiger partial charge >= 0.3 is 0 Å². The second-order valence-electron chi connectivity index (χ2n) is 7.13. The van der Waals surface area contributed by atoms with Gasteiger partial charge in [0.25, 0.3) is 0 Å². The summed E-state index contributed by atoms with van der Waals surface area (Å²) in [5.74, 6) is 0.583. The molecule has 0 radical (unpaired) electrons. The molecule has 1 atom stereocenters. The van der Waals surface area contributed by atoms with Gasteiger partial charge in [-0.1, -0.05) is 26.8 Å². The topological polar surface area (TPSA) is 29.3 Å². The van der Waals surface area contributed by atoms with Crippen LogP contribution in [0.4, 0.5) is 10.1 Å². The zero-order valence-electron chi connectivity index (χ0n) is 13.1. The van der Waals surface area contributed by atoms with Crippen LogP contribution in [0.1, 0.15) is 52.1 Å². The minimum Gasteiger partial charge on any atom is -0.369 e. The third kappa shape index (κ3) is 3.32. The van der Waals surface area contributed by atoms with E-state index in [9.17, 15) is 4.39 Å². The summed E-state index contributed by atoms with van der Waals surface area (Å²) in [6, 6.07) is 5.28. The minimum atomic E-state index is -0.144. The summed E-state index contributed by atoms with van der Waals surface area (Å²) in [4.78, 5) is 2.17. The van der Waals surface area contributed by atoms with E-state index in [0.717, 1.165) is 43.1 Å². The van der Waals surface area contributed by atoms with E-state index in [1.54, 1.807) is 6.07 Å². The molecule has 0 unspecified atom stereocenters. The highest BCUT2D eigenvalue weighted by Crippen LogP contribution is 2.36. The lowest BCUT2D eigenvalue weighted by atomic mass is 9.75. The molecule has 20 heavy (non-hydrogen) atoms. The minimum absolute atomic E-state index is 0.120. The van der Waals surface area contributed by atoms with Crippen molar-refractivity contribution in [1.29, 1.82) is 0 Å². The fourth-order valence-corrected chi connectivity index (χ4v) is 3.05. The lowest BCUT2D eigenvalue weighted by Gasteiger charge is -2.39. The van der Waals surface area contributed by atoms with Crippen LogP contribution in [0.15, 0.2) is 18.2 Å². The molecule has 0 amide bonds. The van der Waals surface area contributed by atoms with E-state index in [0.29, 0.717) is 5.41 Å². The van der Waals surface area contributed by atoms with Crippen LogP contribution >= 0.6 is 0 Å². The van der Waals surface area contributed by atoms with E-state index in [1.807, 2.05) is 19.1 Å². The molecule has 1 heterocycles. The fourth-order valence-electron chi connectivity index (χ4n) is 3.05. The Kier molecular flexibility index (Phi) is 4.38. The average Bonchev–Trinajstić information content (AvgIpc) is 2.37. The first-order valence-electron chi connectivity index (χ1n) is 7.59. The molecule has 2 N–H and O–H groups in total. The Morgan fingerprint density at radius 1 is 1.25 bits per heavy atom. The number of hydrogen-bond acceptors (Lipinski definition) is 2.